The summed E-state index contributed by atoms with van der Waals surface area (Å²) in [7, 11) is 0. The Morgan fingerprint density at radius 3 is 2.86 bits per heavy atom. The summed E-state index contributed by atoms with van der Waals surface area (Å²) in [6.07, 6.45) is 5.49. The summed E-state index contributed by atoms with van der Waals surface area (Å²) >= 11 is 0. The van der Waals surface area contributed by atoms with Gasteiger partial charge in [-0.05, 0) is 6.07 Å². The maximum atomic E-state index is 10.5. The van der Waals surface area contributed by atoms with Crippen LogP contribution in [0.5, 0.6) is 0 Å². The van der Waals surface area contributed by atoms with Crippen molar-refractivity contribution in [3.8, 4) is 11.3 Å². The lowest BCUT2D eigenvalue weighted by Crippen LogP contribution is -1.83. The first-order valence-corrected chi connectivity index (χ1v) is 4.12. The molecule has 0 saturated carbocycles. The third-order valence-electron chi connectivity index (χ3n) is 1.80. The SMILES string of the molecule is Cc1ncc(-c2cncc(C=O)c2)o1. The van der Waals surface area contributed by atoms with Gasteiger partial charge in [0.15, 0.2) is 17.9 Å². The molecule has 0 bridgehead atoms. The summed E-state index contributed by atoms with van der Waals surface area (Å²) in [5.74, 6) is 1.22. The lowest BCUT2D eigenvalue weighted by atomic mass is 10.2. The normalized spacial score (nSPS) is 10.1. The highest BCUT2D eigenvalue weighted by Gasteiger charge is 2.04. The Bertz CT molecular complexity index is 463. The van der Waals surface area contributed by atoms with Crippen LogP contribution in [0.3, 0.4) is 0 Å². The molecule has 0 aliphatic rings. The third-order valence-corrected chi connectivity index (χ3v) is 1.80. The summed E-state index contributed by atoms with van der Waals surface area (Å²) in [5, 5.41) is 0. The van der Waals surface area contributed by atoms with E-state index < -0.39 is 0 Å². The highest BCUT2D eigenvalue weighted by atomic mass is 16.4. The van der Waals surface area contributed by atoms with Gasteiger partial charge in [0.2, 0.25) is 0 Å². The van der Waals surface area contributed by atoms with Crippen LogP contribution in [0.1, 0.15) is 16.2 Å². The topological polar surface area (TPSA) is 56.0 Å². The molecule has 0 aliphatic heterocycles. The van der Waals surface area contributed by atoms with E-state index in [1.54, 1.807) is 25.4 Å². The quantitative estimate of drug-likeness (QED) is 0.675. The lowest BCUT2D eigenvalue weighted by Gasteiger charge is -1.95. The van der Waals surface area contributed by atoms with Crippen LogP contribution in [-0.2, 0) is 0 Å². The van der Waals surface area contributed by atoms with E-state index in [0.29, 0.717) is 17.2 Å². The molecule has 0 radical (unpaired) electrons. The van der Waals surface area contributed by atoms with Gasteiger partial charge in [-0.3, -0.25) is 9.78 Å². The van der Waals surface area contributed by atoms with E-state index in [0.717, 1.165) is 11.8 Å². The molecule has 2 aromatic rings. The number of hydrogen-bond acceptors (Lipinski definition) is 4. The van der Waals surface area contributed by atoms with E-state index in [1.165, 1.54) is 6.20 Å². The van der Waals surface area contributed by atoms with Gasteiger partial charge in [-0.25, -0.2) is 4.98 Å². The Balaban J connectivity index is 2.46. The molecular formula is C10H8N2O2. The number of carbonyl (C=O) groups is 1. The number of nitrogens with zero attached hydrogens (tertiary/aromatic N) is 2. The zero-order valence-corrected chi connectivity index (χ0v) is 7.60. The Kier molecular flexibility index (Phi) is 2.10. The third kappa shape index (κ3) is 1.54. The average Bonchev–Trinajstić information content (AvgIpc) is 2.65. The molecule has 4 nitrogen and oxygen atoms in total. The minimum absolute atomic E-state index is 0.525. The molecule has 0 amide bonds. The van der Waals surface area contributed by atoms with Gasteiger partial charge in [-0.1, -0.05) is 0 Å². The number of oxazole rings is 1. The van der Waals surface area contributed by atoms with Crippen LogP contribution in [-0.4, -0.2) is 16.3 Å². The van der Waals surface area contributed by atoms with E-state index >= 15 is 0 Å². The van der Waals surface area contributed by atoms with Gasteiger partial charge in [0.25, 0.3) is 0 Å². The molecule has 4 heteroatoms. The number of carbonyl (C=O) groups excluding carboxylic acids is 1. The largest absolute Gasteiger partial charge is 0.441 e. The fourth-order valence-electron chi connectivity index (χ4n) is 1.15. The summed E-state index contributed by atoms with van der Waals surface area (Å²) < 4.78 is 5.30. The second-order valence-electron chi connectivity index (χ2n) is 2.87. The number of rotatable bonds is 2. The number of hydrogen-bond donors (Lipinski definition) is 0. The Hall–Kier alpha value is -1.97. The van der Waals surface area contributed by atoms with Crippen molar-refractivity contribution in [2.75, 3.05) is 0 Å². The number of aromatic nitrogens is 2. The fourth-order valence-corrected chi connectivity index (χ4v) is 1.15. The van der Waals surface area contributed by atoms with Crippen LogP contribution in [0, 0.1) is 6.92 Å². The maximum absolute atomic E-state index is 10.5. The highest BCUT2D eigenvalue weighted by Crippen LogP contribution is 2.19. The summed E-state index contributed by atoms with van der Waals surface area (Å²) in [4.78, 5) is 18.4. The summed E-state index contributed by atoms with van der Waals surface area (Å²) in [5.41, 5.74) is 1.28. The second kappa shape index (κ2) is 3.41. The van der Waals surface area contributed by atoms with E-state index in [2.05, 4.69) is 9.97 Å². The molecule has 0 aliphatic carbocycles. The van der Waals surface area contributed by atoms with Crippen molar-refractivity contribution in [2.45, 2.75) is 6.92 Å². The molecule has 2 heterocycles. The molecule has 70 valence electrons. The van der Waals surface area contributed by atoms with Crippen LogP contribution in [0.15, 0.2) is 29.1 Å². The van der Waals surface area contributed by atoms with Gasteiger partial charge >= 0.3 is 0 Å². The lowest BCUT2D eigenvalue weighted by molar-refractivity contribution is 0.112. The van der Waals surface area contributed by atoms with Crippen molar-refractivity contribution in [3.05, 3.63) is 36.1 Å². The van der Waals surface area contributed by atoms with Crippen molar-refractivity contribution in [1.29, 1.82) is 0 Å². The minimum Gasteiger partial charge on any atom is -0.441 e. The standard InChI is InChI=1S/C10H8N2O2/c1-7-12-5-10(14-7)9-2-8(6-13)3-11-4-9/h2-6H,1H3. The summed E-state index contributed by atoms with van der Waals surface area (Å²) in [6.45, 7) is 1.76. The molecule has 0 N–H and O–H groups in total. The highest BCUT2D eigenvalue weighted by molar-refractivity contribution is 5.76. The molecule has 0 unspecified atom stereocenters. The Morgan fingerprint density at radius 1 is 1.36 bits per heavy atom. The predicted molar refractivity (Wildman–Crippen MR) is 49.9 cm³/mol. The van der Waals surface area contributed by atoms with E-state index in [1.807, 2.05) is 0 Å². The fraction of sp³-hybridized carbons (Fsp3) is 0.100. The van der Waals surface area contributed by atoms with Gasteiger partial charge in [0.1, 0.15) is 0 Å². The smallest absolute Gasteiger partial charge is 0.191 e. The number of aryl methyl sites for hydroxylation is 1. The summed E-state index contributed by atoms with van der Waals surface area (Å²) in [6, 6.07) is 1.71. The van der Waals surface area contributed by atoms with Crippen molar-refractivity contribution in [3.63, 3.8) is 0 Å². The van der Waals surface area contributed by atoms with Gasteiger partial charge in [0, 0.05) is 30.4 Å². The molecule has 0 aromatic carbocycles. The van der Waals surface area contributed by atoms with Crippen LogP contribution in [0.2, 0.25) is 0 Å². The Labute approximate surface area is 80.6 Å². The first-order valence-electron chi connectivity index (χ1n) is 4.12. The molecule has 2 aromatic heterocycles. The molecule has 14 heavy (non-hydrogen) atoms. The van der Waals surface area contributed by atoms with Crippen LogP contribution in [0.25, 0.3) is 11.3 Å². The van der Waals surface area contributed by atoms with Crippen molar-refractivity contribution < 1.29 is 9.21 Å². The van der Waals surface area contributed by atoms with Crippen LogP contribution in [0.4, 0.5) is 0 Å². The van der Waals surface area contributed by atoms with Gasteiger partial charge in [-0.2, -0.15) is 0 Å². The monoisotopic (exact) mass is 188 g/mol. The van der Waals surface area contributed by atoms with Gasteiger partial charge in [0.05, 0.1) is 6.20 Å². The molecule has 0 saturated heterocycles. The zero-order valence-electron chi connectivity index (χ0n) is 7.60. The van der Waals surface area contributed by atoms with Crippen LogP contribution >= 0.6 is 0 Å². The van der Waals surface area contributed by atoms with E-state index in [-0.39, 0.29) is 0 Å². The average molecular weight is 188 g/mol. The minimum atomic E-state index is 0.525. The maximum Gasteiger partial charge on any atom is 0.191 e. The molecular weight excluding hydrogens is 180 g/mol. The number of aldehydes is 1. The first-order chi connectivity index (χ1) is 6.79. The zero-order chi connectivity index (χ0) is 9.97. The van der Waals surface area contributed by atoms with E-state index in [9.17, 15) is 4.79 Å². The van der Waals surface area contributed by atoms with Gasteiger partial charge in [-0.15, -0.1) is 0 Å². The molecule has 0 fully saturated rings. The number of pyridine rings is 1. The van der Waals surface area contributed by atoms with E-state index in [4.69, 9.17) is 4.42 Å². The van der Waals surface area contributed by atoms with Gasteiger partial charge < -0.3 is 4.42 Å². The molecule has 2 rings (SSSR count). The van der Waals surface area contributed by atoms with Crippen molar-refractivity contribution in [2.24, 2.45) is 0 Å². The van der Waals surface area contributed by atoms with Crippen molar-refractivity contribution in [1.82, 2.24) is 9.97 Å². The van der Waals surface area contributed by atoms with Crippen molar-refractivity contribution >= 4 is 6.29 Å². The first kappa shape index (κ1) is 8.62. The Morgan fingerprint density at radius 2 is 2.21 bits per heavy atom. The van der Waals surface area contributed by atoms with Crippen LogP contribution < -0.4 is 0 Å². The molecule has 0 atom stereocenters. The second-order valence-corrected chi connectivity index (χ2v) is 2.87. The molecule has 0 spiro atoms. The predicted octanol–water partition coefficient (Wildman–Crippen LogP) is 1.86.